The quantitative estimate of drug-likeness (QED) is 0.132. The van der Waals surface area contributed by atoms with E-state index in [1.54, 1.807) is 12.1 Å². The molecule has 1 aromatic carbocycles. The van der Waals surface area contributed by atoms with Gasteiger partial charge in [-0.3, -0.25) is 25.3 Å². The molecule has 15 nitrogen and oxygen atoms in total. The first-order valence-corrected chi connectivity index (χ1v) is 12.7. The molecule has 5 rings (SSSR count). The molecular formula is C24H36N9O6+. The lowest BCUT2D eigenvalue weighted by Crippen LogP contribution is -2.90. The number of aliphatic hydroxyl groups is 2. The predicted molar refractivity (Wildman–Crippen MR) is 138 cm³/mol. The number of urea groups is 1. The number of carbonyl (C=O) groups is 2. The second-order valence-corrected chi connectivity index (χ2v) is 10.9. The molecule has 0 aromatic heterocycles. The highest BCUT2D eigenvalue weighted by atomic mass is 16.7. The number of aliphatic imine (C=N–C) groups is 1. The number of benzene rings is 1. The van der Waals surface area contributed by atoms with Gasteiger partial charge >= 0.3 is 12.0 Å². The van der Waals surface area contributed by atoms with Crippen molar-refractivity contribution in [2.45, 2.75) is 55.3 Å². The van der Waals surface area contributed by atoms with E-state index in [9.17, 15) is 19.8 Å². The first kappa shape index (κ1) is 26.8. The van der Waals surface area contributed by atoms with E-state index < -0.39 is 41.5 Å². The number of amides is 3. The van der Waals surface area contributed by atoms with Gasteiger partial charge in [-0.05, 0) is 17.9 Å². The number of hydrogen-bond donors (Lipinski definition) is 8. The summed E-state index contributed by atoms with van der Waals surface area (Å²) in [6.07, 6.45) is 0.807. The van der Waals surface area contributed by atoms with Crippen LogP contribution in [0.5, 0.6) is 5.75 Å². The largest absolute Gasteiger partial charge is 0.492 e. The van der Waals surface area contributed by atoms with Crippen molar-refractivity contribution in [3.8, 4) is 5.75 Å². The van der Waals surface area contributed by atoms with Crippen molar-refractivity contribution in [1.29, 1.82) is 0 Å². The van der Waals surface area contributed by atoms with Crippen molar-refractivity contribution in [1.82, 2.24) is 25.9 Å². The molecule has 212 valence electrons. The van der Waals surface area contributed by atoms with E-state index in [0.717, 1.165) is 17.0 Å². The van der Waals surface area contributed by atoms with E-state index in [-0.39, 0.29) is 30.4 Å². The van der Waals surface area contributed by atoms with Crippen LogP contribution < -0.4 is 37.1 Å². The Balaban J connectivity index is 1.43. The molecule has 39 heavy (non-hydrogen) atoms. The Hall–Kier alpha value is -3.82. The van der Waals surface area contributed by atoms with Gasteiger partial charge in [0, 0.05) is 19.2 Å². The Bertz CT molecular complexity index is 1250. The van der Waals surface area contributed by atoms with Gasteiger partial charge in [-0.1, -0.05) is 26.0 Å². The number of guanidine groups is 2. The van der Waals surface area contributed by atoms with Crippen LogP contribution in [0.15, 0.2) is 23.2 Å². The van der Waals surface area contributed by atoms with E-state index in [1.807, 2.05) is 6.07 Å². The zero-order chi connectivity index (χ0) is 28.3. The lowest BCUT2D eigenvalue weighted by molar-refractivity contribution is -0.521. The van der Waals surface area contributed by atoms with Crippen LogP contribution in [0.3, 0.4) is 0 Å². The fourth-order valence-electron chi connectivity index (χ4n) is 5.91. The SMILES string of the molecule is CON(C)C(=O)NC[C@@H]1N=C(N)N2CC(NC(=O)c3cccc4c3OCCC4(C)C)C(O)(O)C23NC(N)=[NH+][C@@H]13. The Morgan fingerprint density at radius 3 is 2.82 bits per heavy atom. The summed E-state index contributed by atoms with van der Waals surface area (Å²) in [5, 5.41) is 32.7. The Morgan fingerprint density at radius 1 is 1.36 bits per heavy atom. The molecule has 0 bridgehead atoms. The van der Waals surface area contributed by atoms with E-state index >= 15 is 0 Å². The molecule has 0 radical (unpaired) electrons. The zero-order valence-corrected chi connectivity index (χ0v) is 22.3. The van der Waals surface area contributed by atoms with Gasteiger partial charge in [0.05, 0.1) is 25.8 Å². The van der Waals surface area contributed by atoms with Gasteiger partial charge < -0.3 is 31.3 Å². The van der Waals surface area contributed by atoms with Crippen LogP contribution in [0.1, 0.15) is 36.2 Å². The molecule has 0 saturated carbocycles. The summed E-state index contributed by atoms with van der Waals surface area (Å²) >= 11 is 0. The average Bonchev–Trinajstić information content (AvgIpc) is 3.35. The van der Waals surface area contributed by atoms with Gasteiger partial charge in [-0.25, -0.2) is 20.2 Å². The third-order valence-electron chi connectivity index (χ3n) is 8.17. The molecule has 2 unspecified atom stereocenters. The number of nitrogens with zero attached hydrogens (tertiary/aromatic N) is 3. The summed E-state index contributed by atoms with van der Waals surface area (Å²) in [4.78, 5) is 39.6. The summed E-state index contributed by atoms with van der Waals surface area (Å²) in [5.74, 6) is -2.58. The van der Waals surface area contributed by atoms with Crippen LogP contribution >= 0.6 is 0 Å². The summed E-state index contributed by atoms with van der Waals surface area (Å²) in [6.45, 7) is 4.53. The lowest BCUT2D eigenvalue weighted by atomic mass is 9.79. The number of nitrogens with one attached hydrogen (secondary N) is 4. The highest BCUT2D eigenvalue weighted by molar-refractivity contribution is 5.98. The summed E-state index contributed by atoms with van der Waals surface area (Å²) in [6, 6.07) is 2.02. The highest BCUT2D eigenvalue weighted by Gasteiger charge is 2.76. The van der Waals surface area contributed by atoms with Crippen LogP contribution in [0.25, 0.3) is 0 Å². The molecule has 15 heteroatoms. The number of hydrogen-bond acceptors (Lipinski definition) is 11. The first-order valence-electron chi connectivity index (χ1n) is 12.7. The third-order valence-corrected chi connectivity index (χ3v) is 8.17. The van der Waals surface area contributed by atoms with Crippen LogP contribution in [0, 0.1) is 0 Å². The Morgan fingerprint density at radius 2 is 2.10 bits per heavy atom. The molecule has 4 aliphatic heterocycles. The number of para-hydroxylation sites is 1. The molecule has 3 amide bonds. The van der Waals surface area contributed by atoms with E-state index in [2.05, 4.69) is 39.8 Å². The second-order valence-electron chi connectivity index (χ2n) is 10.9. The molecule has 1 spiro atoms. The number of nitrogens with two attached hydrogens (primary N) is 2. The topological polar surface area (TPSA) is 214 Å². The number of ether oxygens (including phenoxy) is 1. The predicted octanol–water partition coefficient (Wildman–Crippen LogP) is -4.20. The van der Waals surface area contributed by atoms with Crippen molar-refractivity contribution in [3.63, 3.8) is 0 Å². The van der Waals surface area contributed by atoms with Crippen molar-refractivity contribution < 1.29 is 34.4 Å². The fourth-order valence-corrected chi connectivity index (χ4v) is 5.91. The van der Waals surface area contributed by atoms with Crippen molar-refractivity contribution >= 4 is 23.9 Å². The van der Waals surface area contributed by atoms with Gasteiger partial charge in [0.15, 0.2) is 12.0 Å². The standard InChI is InChI=1S/C24H35N9O6/c1-22(2)8-9-39-16-12(6-5-7-13(16)22)18(34)29-15-11-33-20(26)28-14(10-27-21(35)32(3)38-4)17-23(33,24(15,36)37)31-19(25)30-17/h5-7,14-15,17,36-37H,8-11H2,1-4H3,(H2,26,28)(H,27,35)(H,29,34)(H3,25,30,31)/p+1/t14-,15?,17-,23?/m0/s1. The monoisotopic (exact) mass is 546 g/mol. The molecule has 10 N–H and O–H groups in total. The first-order chi connectivity index (χ1) is 18.3. The summed E-state index contributed by atoms with van der Waals surface area (Å²) in [5.41, 5.74) is 11.7. The number of hydroxylamine groups is 2. The maximum Gasteiger partial charge on any atom is 0.343 e. The summed E-state index contributed by atoms with van der Waals surface area (Å²) < 4.78 is 5.88. The molecule has 4 atom stereocenters. The van der Waals surface area contributed by atoms with Crippen molar-refractivity contribution in [3.05, 3.63) is 29.3 Å². The zero-order valence-electron chi connectivity index (χ0n) is 22.3. The van der Waals surface area contributed by atoms with Gasteiger partial charge in [0.1, 0.15) is 17.8 Å². The second kappa shape index (κ2) is 9.14. The van der Waals surface area contributed by atoms with Crippen LogP contribution in [0.4, 0.5) is 4.79 Å². The number of fused-ring (bicyclic) bond motifs is 1. The fraction of sp³-hybridized carbons (Fsp3) is 0.583. The van der Waals surface area contributed by atoms with Crippen LogP contribution in [-0.2, 0) is 10.3 Å². The van der Waals surface area contributed by atoms with Crippen LogP contribution in [-0.4, -0.2) is 107 Å². The molecule has 4 heterocycles. The van der Waals surface area contributed by atoms with E-state index in [0.29, 0.717) is 17.9 Å². The van der Waals surface area contributed by atoms with E-state index in [4.69, 9.17) is 21.0 Å². The van der Waals surface area contributed by atoms with Gasteiger partial charge in [0.2, 0.25) is 5.79 Å². The smallest absolute Gasteiger partial charge is 0.343 e. The molecule has 1 aromatic rings. The van der Waals surface area contributed by atoms with Crippen LogP contribution in [0.2, 0.25) is 0 Å². The minimum Gasteiger partial charge on any atom is -0.492 e. The minimum absolute atomic E-state index is 0.0130. The molecule has 4 aliphatic rings. The summed E-state index contributed by atoms with van der Waals surface area (Å²) in [7, 11) is 2.78. The molecular weight excluding hydrogens is 510 g/mol. The molecule has 1 saturated heterocycles. The van der Waals surface area contributed by atoms with Gasteiger partial charge in [-0.15, -0.1) is 0 Å². The van der Waals surface area contributed by atoms with Gasteiger partial charge in [0.25, 0.3) is 11.6 Å². The number of rotatable bonds is 5. The maximum atomic E-state index is 13.5. The minimum atomic E-state index is -2.58. The van der Waals surface area contributed by atoms with Crippen molar-refractivity contribution in [2.75, 3.05) is 33.9 Å². The number of carbonyl (C=O) groups excluding carboxylic acids is 2. The Labute approximate surface area is 225 Å². The van der Waals surface area contributed by atoms with Crippen molar-refractivity contribution in [2.24, 2.45) is 16.5 Å². The lowest BCUT2D eigenvalue weighted by Gasteiger charge is -2.46. The molecule has 1 fully saturated rings. The normalized spacial score (nSPS) is 29.5. The maximum absolute atomic E-state index is 13.5. The third kappa shape index (κ3) is 3.99. The highest BCUT2D eigenvalue weighted by Crippen LogP contribution is 2.42. The van der Waals surface area contributed by atoms with Gasteiger partial charge in [-0.2, -0.15) is 0 Å². The molecule has 0 aliphatic carbocycles. The Kier molecular flexibility index (Phi) is 6.27. The average molecular weight is 547 g/mol. The van der Waals surface area contributed by atoms with E-state index in [1.165, 1.54) is 19.1 Å².